The van der Waals surface area contributed by atoms with Crippen molar-refractivity contribution >= 4 is 22.5 Å². The zero-order valence-corrected chi connectivity index (χ0v) is 17.0. The number of fused-ring (bicyclic) bond motifs is 1. The molecule has 0 aliphatic rings. The van der Waals surface area contributed by atoms with Crippen molar-refractivity contribution in [2.24, 2.45) is 5.41 Å². The number of anilines is 1. The minimum atomic E-state index is -0.844. The van der Waals surface area contributed by atoms with Gasteiger partial charge in [0.25, 0.3) is 0 Å². The molecule has 1 heterocycles. The van der Waals surface area contributed by atoms with Gasteiger partial charge in [0.15, 0.2) is 11.6 Å². The monoisotopic (exact) mass is 384 g/mol. The Bertz CT molecular complexity index is 1040. The predicted molar refractivity (Wildman–Crippen MR) is 110 cm³/mol. The average molecular weight is 384 g/mol. The van der Waals surface area contributed by atoms with Crippen LogP contribution < -0.4 is 5.32 Å². The van der Waals surface area contributed by atoms with Crippen molar-refractivity contribution in [3.63, 3.8) is 0 Å². The minimum absolute atomic E-state index is 0.000676. The molecule has 3 nitrogen and oxygen atoms in total. The summed E-state index contributed by atoms with van der Waals surface area (Å²) in [5.41, 5.74) is 4.41. The number of nitrogens with zero attached hydrogens (tertiary/aromatic N) is 1. The highest BCUT2D eigenvalue weighted by atomic mass is 19.2. The van der Waals surface area contributed by atoms with E-state index < -0.39 is 11.6 Å². The molecule has 148 valence electrons. The van der Waals surface area contributed by atoms with Gasteiger partial charge in [-0.05, 0) is 60.2 Å². The maximum Gasteiger partial charge on any atom is 0.224 e. The fraction of sp³-hybridized carbons (Fsp3) is 0.348. The quantitative estimate of drug-likeness (QED) is 0.592. The van der Waals surface area contributed by atoms with Crippen LogP contribution in [-0.4, -0.2) is 10.5 Å². The molecule has 2 aromatic carbocycles. The molecule has 0 aliphatic heterocycles. The second-order valence-electron chi connectivity index (χ2n) is 8.60. The van der Waals surface area contributed by atoms with E-state index in [1.165, 1.54) is 6.07 Å². The van der Waals surface area contributed by atoms with Crippen molar-refractivity contribution in [3.05, 3.63) is 64.9 Å². The van der Waals surface area contributed by atoms with E-state index in [-0.39, 0.29) is 11.3 Å². The van der Waals surface area contributed by atoms with Gasteiger partial charge in [-0.15, -0.1) is 0 Å². The van der Waals surface area contributed by atoms with Gasteiger partial charge in [-0.1, -0.05) is 26.8 Å². The van der Waals surface area contributed by atoms with Gasteiger partial charge in [0, 0.05) is 35.8 Å². The summed E-state index contributed by atoms with van der Waals surface area (Å²) >= 11 is 0. The Morgan fingerprint density at radius 1 is 1.07 bits per heavy atom. The van der Waals surface area contributed by atoms with E-state index in [0.717, 1.165) is 33.8 Å². The SMILES string of the molecule is Cc1cc2c(ccn2Cc2ccc(F)c(F)c2)c(C)c1NC(=O)CC(C)(C)C. The number of benzene rings is 2. The smallest absolute Gasteiger partial charge is 0.224 e. The number of hydrogen-bond donors (Lipinski definition) is 1. The second kappa shape index (κ2) is 7.38. The Morgan fingerprint density at radius 3 is 2.43 bits per heavy atom. The van der Waals surface area contributed by atoms with Crippen LogP contribution in [0.25, 0.3) is 10.9 Å². The first-order chi connectivity index (χ1) is 13.0. The van der Waals surface area contributed by atoms with Crippen LogP contribution in [-0.2, 0) is 11.3 Å². The van der Waals surface area contributed by atoms with Gasteiger partial charge in [-0.25, -0.2) is 8.78 Å². The average Bonchev–Trinajstić information content (AvgIpc) is 2.96. The largest absolute Gasteiger partial charge is 0.343 e. The zero-order chi connectivity index (χ0) is 20.6. The van der Waals surface area contributed by atoms with Crippen molar-refractivity contribution in [3.8, 4) is 0 Å². The van der Waals surface area contributed by atoms with Gasteiger partial charge in [-0.3, -0.25) is 4.79 Å². The van der Waals surface area contributed by atoms with E-state index in [0.29, 0.717) is 18.5 Å². The molecule has 0 unspecified atom stereocenters. The van der Waals surface area contributed by atoms with Gasteiger partial charge in [0.05, 0.1) is 0 Å². The number of rotatable bonds is 4. The van der Waals surface area contributed by atoms with Crippen molar-refractivity contribution < 1.29 is 13.6 Å². The maximum atomic E-state index is 13.5. The molecule has 0 radical (unpaired) electrons. The highest BCUT2D eigenvalue weighted by Gasteiger charge is 2.18. The van der Waals surface area contributed by atoms with Crippen molar-refractivity contribution in [1.82, 2.24) is 4.57 Å². The number of nitrogens with one attached hydrogen (secondary N) is 1. The summed E-state index contributed by atoms with van der Waals surface area (Å²) in [6.45, 7) is 10.5. The fourth-order valence-electron chi connectivity index (χ4n) is 3.50. The number of hydrogen-bond acceptors (Lipinski definition) is 1. The van der Waals surface area contributed by atoms with Crippen LogP contribution in [0.3, 0.4) is 0 Å². The summed E-state index contributed by atoms with van der Waals surface area (Å²) in [4.78, 5) is 12.4. The van der Waals surface area contributed by atoms with Gasteiger partial charge in [-0.2, -0.15) is 0 Å². The molecule has 0 bridgehead atoms. The van der Waals surface area contributed by atoms with Crippen LogP contribution in [0.4, 0.5) is 14.5 Å². The molecule has 1 N–H and O–H groups in total. The summed E-state index contributed by atoms with van der Waals surface area (Å²) in [6, 6.07) is 7.97. The van der Waals surface area contributed by atoms with Crippen molar-refractivity contribution in [1.29, 1.82) is 0 Å². The highest BCUT2D eigenvalue weighted by molar-refractivity contribution is 5.98. The molecule has 0 saturated heterocycles. The molecule has 1 amide bonds. The first kappa shape index (κ1) is 20.1. The Kier molecular flexibility index (Phi) is 5.28. The van der Waals surface area contributed by atoms with E-state index in [9.17, 15) is 13.6 Å². The van der Waals surface area contributed by atoms with Gasteiger partial charge < -0.3 is 9.88 Å². The third kappa shape index (κ3) is 4.24. The molecule has 0 aliphatic carbocycles. The molecule has 28 heavy (non-hydrogen) atoms. The lowest BCUT2D eigenvalue weighted by Gasteiger charge is -2.19. The molecular weight excluding hydrogens is 358 g/mol. The summed E-state index contributed by atoms with van der Waals surface area (Å²) in [7, 11) is 0. The summed E-state index contributed by atoms with van der Waals surface area (Å²) in [5, 5.41) is 4.09. The molecule has 3 aromatic rings. The molecule has 5 heteroatoms. The van der Waals surface area contributed by atoms with Crippen LogP contribution in [0.15, 0.2) is 36.5 Å². The second-order valence-corrected chi connectivity index (χ2v) is 8.60. The van der Waals surface area contributed by atoms with Gasteiger partial charge in [0.2, 0.25) is 5.91 Å². The third-order valence-electron chi connectivity index (χ3n) is 4.83. The van der Waals surface area contributed by atoms with E-state index in [1.54, 1.807) is 6.07 Å². The first-order valence-corrected chi connectivity index (χ1v) is 9.38. The fourth-order valence-corrected chi connectivity index (χ4v) is 3.50. The number of aromatic nitrogens is 1. The Balaban J connectivity index is 1.93. The van der Waals surface area contributed by atoms with E-state index in [4.69, 9.17) is 0 Å². The first-order valence-electron chi connectivity index (χ1n) is 9.38. The normalized spacial score (nSPS) is 11.8. The van der Waals surface area contributed by atoms with Crippen molar-refractivity contribution in [2.75, 3.05) is 5.32 Å². The van der Waals surface area contributed by atoms with Crippen LogP contribution >= 0.6 is 0 Å². The Hall–Kier alpha value is -2.69. The summed E-state index contributed by atoms with van der Waals surface area (Å²) in [5.74, 6) is -1.69. The molecule has 0 fully saturated rings. The lowest BCUT2D eigenvalue weighted by Crippen LogP contribution is -2.20. The highest BCUT2D eigenvalue weighted by Crippen LogP contribution is 2.31. The molecule has 1 aromatic heterocycles. The zero-order valence-electron chi connectivity index (χ0n) is 17.0. The van der Waals surface area contributed by atoms with Crippen LogP contribution in [0.5, 0.6) is 0 Å². The van der Waals surface area contributed by atoms with E-state index >= 15 is 0 Å². The Morgan fingerprint density at radius 2 is 1.79 bits per heavy atom. The van der Waals surface area contributed by atoms with Gasteiger partial charge >= 0.3 is 0 Å². The molecule has 0 atom stereocenters. The van der Waals surface area contributed by atoms with Crippen LogP contribution in [0, 0.1) is 30.9 Å². The van der Waals surface area contributed by atoms with E-state index in [2.05, 4.69) is 5.32 Å². The predicted octanol–water partition coefficient (Wildman–Crippen LogP) is 5.96. The van der Waals surface area contributed by atoms with Crippen LogP contribution in [0.2, 0.25) is 0 Å². The number of carbonyl (C=O) groups excluding carboxylic acids is 1. The number of aryl methyl sites for hydroxylation is 2. The lowest BCUT2D eigenvalue weighted by molar-refractivity contribution is -0.117. The Labute approximate surface area is 164 Å². The maximum absolute atomic E-state index is 13.5. The minimum Gasteiger partial charge on any atom is -0.343 e. The third-order valence-corrected chi connectivity index (χ3v) is 4.83. The summed E-state index contributed by atoms with van der Waals surface area (Å²) < 4.78 is 28.7. The molecule has 0 spiro atoms. The topological polar surface area (TPSA) is 34.0 Å². The van der Waals surface area contributed by atoms with E-state index in [1.807, 2.05) is 57.5 Å². The van der Waals surface area contributed by atoms with Gasteiger partial charge in [0.1, 0.15) is 0 Å². The number of halogens is 2. The standard InChI is InChI=1S/C23H26F2N2O/c1-14-10-20-17(15(2)22(14)26-21(28)12-23(3,4)5)8-9-27(20)13-16-6-7-18(24)19(25)11-16/h6-11H,12-13H2,1-5H3,(H,26,28). The van der Waals surface area contributed by atoms with Crippen LogP contribution in [0.1, 0.15) is 43.9 Å². The molecular formula is C23H26F2N2O. The lowest BCUT2D eigenvalue weighted by atomic mass is 9.92. The summed E-state index contributed by atoms with van der Waals surface area (Å²) in [6.07, 6.45) is 2.38. The molecule has 0 saturated carbocycles. The molecule has 3 rings (SSSR count). The number of amides is 1. The number of carbonyl (C=O) groups is 1. The van der Waals surface area contributed by atoms with Crippen molar-refractivity contribution in [2.45, 2.75) is 47.6 Å².